The van der Waals surface area contributed by atoms with Crippen molar-refractivity contribution < 1.29 is 15.0 Å². The van der Waals surface area contributed by atoms with E-state index in [9.17, 15) is 4.79 Å². The fourth-order valence-corrected chi connectivity index (χ4v) is 0.560. The first-order chi connectivity index (χ1) is 4.59. The van der Waals surface area contributed by atoms with Crippen LogP contribution < -0.4 is 0 Å². The van der Waals surface area contributed by atoms with Gasteiger partial charge in [-0.15, -0.1) is 0 Å². The van der Waals surface area contributed by atoms with Crippen LogP contribution in [0.15, 0.2) is 0 Å². The van der Waals surface area contributed by atoms with Gasteiger partial charge in [-0.2, -0.15) is 0 Å². The lowest BCUT2D eigenvalue weighted by atomic mass is 10.1. The zero-order chi connectivity index (χ0) is 8.15. The van der Waals surface area contributed by atoms with Crippen LogP contribution in [0.2, 0.25) is 0 Å². The Kier molecular flexibility index (Phi) is 3.64. The van der Waals surface area contributed by atoms with Crippen LogP contribution in [0.5, 0.6) is 0 Å². The molecule has 0 amide bonds. The van der Waals surface area contributed by atoms with Gasteiger partial charge in [-0.25, -0.2) is 4.79 Å². The van der Waals surface area contributed by atoms with Crippen LogP contribution in [0.4, 0.5) is 0 Å². The zero-order valence-electron chi connectivity index (χ0n) is 5.79. The summed E-state index contributed by atoms with van der Waals surface area (Å²) < 4.78 is 0. The smallest absolute Gasteiger partial charge is 0.352 e. The summed E-state index contributed by atoms with van der Waals surface area (Å²) in [6.45, 7) is 1.82. The molecule has 1 unspecified atom stereocenters. The van der Waals surface area contributed by atoms with Crippen molar-refractivity contribution >= 4 is 11.7 Å². The minimum atomic E-state index is -1.35. The molecule has 0 saturated heterocycles. The van der Waals surface area contributed by atoms with Crippen LogP contribution >= 0.6 is 0 Å². The molecule has 0 rings (SSSR count). The summed E-state index contributed by atoms with van der Waals surface area (Å²) in [6.07, 6.45) is -0.0930. The maximum atomic E-state index is 10.0. The molecule has 0 aliphatic heterocycles. The first-order valence-electron chi connectivity index (χ1n) is 3.09. The van der Waals surface area contributed by atoms with Crippen molar-refractivity contribution in [3.63, 3.8) is 0 Å². The van der Waals surface area contributed by atoms with Gasteiger partial charge in [0.1, 0.15) is 11.8 Å². The van der Waals surface area contributed by atoms with Crippen LogP contribution in [-0.2, 0) is 4.79 Å². The normalized spacial score (nSPS) is 12.6. The monoisotopic (exact) mass is 145 g/mol. The molecule has 0 aliphatic rings. The number of nitrogens with one attached hydrogen (secondary N) is 1. The van der Waals surface area contributed by atoms with Gasteiger partial charge in [0.15, 0.2) is 0 Å². The number of hydrogen-bond acceptors (Lipinski definition) is 3. The zero-order valence-corrected chi connectivity index (χ0v) is 5.79. The lowest BCUT2D eigenvalue weighted by Crippen LogP contribution is -2.26. The fraction of sp³-hybridized carbons (Fsp3) is 0.667. The molecule has 0 spiro atoms. The molecule has 0 aromatic carbocycles. The Morgan fingerprint density at radius 1 is 1.70 bits per heavy atom. The number of carboxylic acids is 1. The molecule has 0 fully saturated rings. The summed E-state index contributed by atoms with van der Waals surface area (Å²) in [5.74, 6) is -1.35. The number of aliphatic hydroxyl groups is 1. The van der Waals surface area contributed by atoms with Gasteiger partial charge in [0.05, 0.1) is 0 Å². The molecule has 4 heteroatoms. The summed E-state index contributed by atoms with van der Waals surface area (Å²) >= 11 is 0. The number of hydrogen-bond donors (Lipinski definition) is 3. The van der Waals surface area contributed by atoms with Gasteiger partial charge in [0.2, 0.25) is 0 Å². The molecular weight excluding hydrogens is 134 g/mol. The Hall–Kier alpha value is -0.900. The van der Waals surface area contributed by atoms with E-state index in [1.54, 1.807) is 0 Å². The maximum absolute atomic E-state index is 10.0. The highest BCUT2D eigenvalue weighted by atomic mass is 16.4. The molecule has 4 nitrogen and oxygen atoms in total. The first-order valence-corrected chi connectivity index (χ1v) is 3.09. The number of rotatable bonds is 4. The van der Waals surface area contributed by atoms with Crippen molar-refractivity contribution in [2.75, 3.05) is 0 Å². The van der Waals surface area contributed by atoms with Crippen molar-refractivity contribution in [1.29, 1.82) is 5.41 Å². The lowest BCUT2D eigenvalue weighted by molar-refractivity contribution is -0.130. The van der Waals surface area contributed by atoms with Gasteiger partial charge >= 0.3 is 5.97 Å². The summed E-state index contributed by atoms with van der Waals surface area (Å²) in [7, 11) is 0. The van der Waals surface area contributed by atoms with E-state index in [4.69, 9.17) is 15.6 Å². The maximum Gasteiger partial charge on any atom is 0.352 e. The third-order valence-electron chi connectivity index (χ3n) is 1.13. The van der Waals surface area contributed by atoms with Gasteiger partial charge in [-0.1, -0.05) is 13.3 Å². The summed E-state index contributed by atoms with van der Waals surface area (Å²) in [5.41, 5.74) is -0.623. The SMILES string of the molecule is CCCC(O)C(=N)C(=O)O. The van der Waals surface area contributed by atoms with Crippen LogP contribution in [0.3, 0.4) is 0 Å². The second-order valence-corrected chi connectivity index (χ2v) is 2.02. The van der Waals surface area contributed by atoms with Crippen molar-refractivity contribution in [1.82, 2.24) is 0 Å². The second kappa shape index (κ2) is 4.00. The highest BCUT2D eigenvalue weighted by Gasteiger charge is 2.15. The Balaban J connectivity index is 3.82. The molecule has 0 aromatic heterocycles. The van der Waals surface area contributed by atoms with Crippen LogP contribution in [0.1, 0.15) is 19.8 Å². The van der Waals surface area contributed by atoms with Crippen molar-refractivity contribution in [2.45, 2.75) is 25.9 Å². The molecule has 0 aromatic rings. The van der Waals surface area contributed by atoms with E-state index in [0.717, 1.165) is 0 Å². The predicted octanol–water partition coefficient (Wildman–Crippen LogP) is 0.252. The quantitative estimate of drug-likeness (QED) is 0.496. The Bertz CT molecular complexity index is 144. The molecule has 10 heavy (non-hydrogen) atoms. The topological polar surface area (TPSA) is 81.4 Å². The molecule has 0 radical (unpaired) electrons. The van der Waals surface area contributed by atoms with Gasteiger partial charge in [0, 0.05) is 0 Å². The first kappa shape index (κ1) is 9.10. The van der Waals surface area contributed by atoms with Crippen LogP contribution in [0, 0.1) is 5.41 Å². The van der Waals surface area contributed by atoms with Gasteiger partial charge in [-0.3, -0.25) is 5.41 Å². The van der Waals surface area contributed by atoms with Crippen LogP contribution in [0.25, 0.3) is 0 Å². The number of carboxylic acid groups (broad SMARTS) is 1. The molecule has 0 aliphatic carbocycles. The lowest BCUT2D eigenvalue weighted by Gasteiger charge is -2.05. The standard InChI is InChI=1S/C6H11NO3/c1-2-3-4(8)5(7)6(9)10/h4,7-8H,2-3H2,1H3,(H,9,10). The molecule has 0 saturated carbocycles. The Morgan fingerprint density at radius 2 is 2.20 bits per heavy atom. The molecule has 3 N–H and O–H groups in total. The highest BCUT2D eigenvalue weighted by molar-refractivity contribution is 6.35. The van der Waals surface area contributed by atoms with Gasteiger partial charge in [-0.05, 0) is 6.42 Å². The highest BCUT2D eigenvalue weighted by Crippen LogP contribution is 1.97. The summed E-state index contributed by atoms with van der Waals surface area (Å²) in [6, 6.07) is 0. The molecule has 0 heterocycles. The Morgan fingerprint density at radius 3 is 2.50 bits per heavy atom. The molecule has 58 valence electrons. The fourth-order valence-electron chi connectivity index (χ4n) is 0.560. The number of aliphatic carboxylic acids is 1. The Labute approximate surface area is 59.0 Å². The predicted molar refractivity (Wildman–Crippen MR) is 36.3 cm³/mol. The van der Waals surface area contributed by atoms with Gasteiger partial charge < -0.3 is 10.2 Å². The largest absolute Gasteiger partial charge is 0.477 e. The van der Waals surface area contributed by atoms with Gasteiger partial charge in [0.25, 0.3) is 0 Å². The van der Waals surface area contributed by atoms with E-state index >= 15 is 0 Å². The van der Waals surface area contributed by atoms with E-state index in [1.165, 1.54) is 0 Å². The minimum Gasteiger partial charge on any atom is -0.477 e. The molecular formula is C6H11NO3. The second-order valence-electron chi connectivity index (χ2n) is 2.02. The number of aliphatic hydroxyl groups excluding tert-OH is 1. The third kappa shape index (κ3) is 2.59. The third-order valence-corrected chi connectivity index (χ3v) is 1.13. The average molecular weight is 145 g/mol. The van der Waals surface area contributed by atoms with Crippen molar-refractivity contribution in [3.05, 3.63) is 0 Å². The van der Waals surface area contributed by atoms with Crippen LogP contribution in [-0.4, -0.2) is 28.0 Å². The van der Waals surface area contributed by atoms with E-state index in [2.05, 4.69) is 0 Å². The molecule has 0 bridgehead atoms. The van der Waals surface area contributed by atoms with Crippen molar-refractivity contribution in [3.8, 4) is 0 Å². The van der Waals surface area contributed by atoms with E-state index < -0.39 is 17.8 Å². The summed E-state index contributed by atoms with van der Waals surface area (Å²) in [5, 5.41) is 23.9. The van der Waals surface area contributed by atoms with E-state index in [1.807, 2.05) is 6.92 Å². The summed E-state index contributed by atoms with van der Waals surface area (Å²) in [4.78, 5) is 10.0. The van der Waals surface area contributed by atoms with E-state index in [0.29, 0.717) is 12.8 Å². The molecule has 1 atom stereocenters. The van der Waals surface area contributed by atoms with E-state index in [-0.39, 0.29) is 0 Å². The van der Waals surface area contributed by atoms with Crippen molar-refractivity contribution in [2.24, 2.45) is 0 Å². The minimum absolute atomic E-state index is 0.338. The average Bonchev–Trinajstić information content (AvgIpc) is 1.87. The number of carbonyl (C=O) groups is 1.